The van der Waals surface area contributed by atoms with Gasteiger partial charge in [0.15, 0.2) is 0 Å². The van der Waals surface area contributed by atoms with E-state index in [1.165, 1.54) is 7.11 Å². The average Bonchev–Trinajstić information content (AvgIpc) is 2.94. The summed E-state index contributed by atoms with van der Waals surface area (Å²) in [6.45, 7) is 0. The molecule has 118 valence electrons. The normalized spacial score (nSPS) is 13.8. The lowest BCUT2D eigenvalue weighted by Gasteiger charge is -2.17. The summed E-state index contributed by atoms with van der Waals surface area (Å²) in [5.74, 6) is 0. The molecule has 4 nitrogen and oxygen atoms in total. The van der Waals surface area contributed by atoms with Gasteiger partial charge in [0.1, 0.15) is 4.99 Å². The molecule has 1 heterocycles. The van der Waals surface area contributed by atoms with Gasteiger partial charge < -0.3 is 15.2 Å². The van der Waals surface area contributed by atoms with E-state index in [1.807, 2.05) is 18.2 Å². The van der Waals surface area contributed by atoms with Crippen LogP contribution < -0.4 is 16.3 Å². The molecule has 0 spiro atoms. The van der Waals surface area contributed by atoms with E-state index in [0.29, 0.717) is 26.7 Å². The minimum Gasteiger partial charge on any atom is -0.388 e. The summed E-state index contributed by atoms with van der Waals surface area (Å²) >= 11 is 11.2. The molecule has 0 aliphatic carbocycles. The maximum atomic E-state index is 13.7. The van der Waals surface area contributed by atoms with Gasteiger partial charge in [0.05, 0.1) is 11.0 Å². The molecular weight excluding hydrogens is 351 g/mol. The van der Waals surface area contributed by atoms with Crippen LogP contribution in [-0.2, 0) is 9.09 Å². The van der Waals surface area contributed by atoms with E-state index >= 15 is 0 Å². The molecule has 0 saturated carbocycles. The van der Waals surface area contributed by atoms with E-state index in [1.54, 1.807) is 30.3 Å². The highest BCUT2D eigenvalue weighted by molar-refractivity contribution is 7.81. The highest BCUT2D eigenvalue weighted by Crippen LogP contribution is 2.47. The van der Waals surface area contributed by atoms with Gasteiger partial charge in [0.25, 0.3) is 7.37 Å². The van der Waals surface area contributed by atoms with Gasteiger partial charge in [0.2, 0.25) is 0 Å². The number of aromatic nitrogens is 1. The first kappa shape index (κ1) is 16.2. The number of hydrogen-bond acceptors (Lipinski definition) is 3. The van der Waals surface area contributed by atoms with E-state index in [4.69, 9.17) is 34.1 Å². The number of benzene rings is 2. The first-order chi connectivity index (χ1) is 11.0. The molecule has 3 rings (SSSR count). The maximum Gasteiger partial charge on any atom is 0.263 e. The molecular formula is C16H14ClN2O2PS. The molecule has 2 aromatic carbocycles. The van der Waals surface area contributed by atoms with E-state index < -0.39 is 7.37 Å². The Labute approximate surface area is 144 Å². The minimum atomic E-state index is -3.37. The summed E-state index contributed by atoms with van der Waals surface area (Å²) in [7, 11) is -1.95. The molecule has 0 radical (unpaired) electrons. The van der Waals surface area contributed by atoms with E-state index in [0.717, 1.165) is 5.52 Å². The van der Waals surface area contributed by atoms with Gasteiger partial charge in [-0.05, 0) is 30.3 Å². The second kappa shape index (κ2) is 6.10. The van der Waals surface area contributed by atoms with E-state index in [-0.39, 0.29) is 4.99 Å². The van der Waals surface area contributed by atoms with Crippen molar-refractivity contribution in [3.63, 3.8) is 0 Å². The van der Waals surface area contributed by atoms with Crippen LogP contribution in [0.15, 0.2) is 48.5 Å². The van der Waals surface area contributed by atoms with Crippen LogP contribution >= 0.6 is 31.2 Å². The number of thiocarbonyl (C=S) groups is 1. The standard InChI is InChI=1S/C16H14ClN2O2PS/c1-21-22(20,11-5-3-2-4-6-11)15-12-9-10(17)7-8-13(12)19-14(15)16(18)23/h2-9,19H,1H3,(H2,18,23). The molecule has 0 aliphatic rings. The van der Waals surface area contributed by atoms with Gasteiger partial charge in [0, 0.05) is 28.3 Å². The zero-order valence-electron chi connectivity index (χ0n) is 12.2. The van der Waals surface area contributed by atoms with Crippen molar-refractivity contribution in [3.8, 4) is 0 Å². The summed E-state index contributed by atoms with van der Waals surface area (Å²) < 4.78 is 19.2. The fourth-order valence-electron chi connectivity index (χ4n) is 2.58. The number of aromatic amines is 1. The Kier molecular flexibility index (Phi) is 4.30. The van der Waals surface area contributed by atoms with Crippen molar-refractivity contribution in [1.82, 2.24) is 4.98 Å². The van der Waals surface area contributed by atoms with Gasteiger partial charge >= 0.3 is 0 Å². The van der Waals surface area contributed by atoms with Gasteiger partial charge in [-0.3, -0.25) is 4.57 Å². The monoisotopic (exact) mass is 364 g/mol. The number of fused-ring (bicyclic) bond motifs is 1. The molecule has 23 heavy (non-hydrogen) atoms. The lowest BCUT2D eigenvalue weighted by Crippen LogP contribution is -2.25. The Morgan fingerprint density at radius 1 is 1.26 bits per heavy atom. The average molecular weight is 365 g/mol. The zero-order chi connectivity index (χ0) is 16.6. The Morgan fingerprint density at radius 2 is 1.96 bits per heavy atom. The highest BCUT2D eigenvalue weighted by Gasteiger charge is 2.34. The fourth-order valence-corrected chi connectivity index (χ4v) is 5.17. The number of halogens is 1. The summed E-state index contributed by atoms with van der Waals surface area (Å²) in [5, 5.41) is 2.24. The molecule has 0 fully saturated rings. The first-order valence-corrected chi connectivity index (χ1v) is 9.21. The van der Waals surface area contributed by atoms with Crippen LogP contribution in [0, 0.1) is 0 Å². The smallest absolute Gasteiger partial charge is 0.263 e. The Bertz CT molecular complexity index is 940. The van der Waals surface area contributed by atoms with Gasteiger partial charge in [-0.2, -0.15) is 0 Å². The molecule has 7 heteroatoms. The topological polar surface area (TPSA) is 68.1 Å². The third-order valence-electron chi connectivity index (χ3n) is 3.63. The second-order valence-corrected chi connectivity index (χ2v) is 8.28. The van der Waals surface area contributed by atoms with Crippen molar-refractivity contribution in [2.75, 3.05) is 7.11 Å². The van der Waals surface area contributed by atoms with Crippen molar-refractivity contribution in [1.29, 1.82) is 0 Å². The summed E-state index contributed by atoms with van der Waals surface area (Å²) in [6, 6.07) is 14.3. The predicted octanol–water partition coefficient (Wildman–Crippen LogP) is 3.33. The minimum absolute atomic E-state index is 0.125. The summed E-state index contributed by atoms with van der Waals surface area (Å²) in [6.07, 6.45) is 0. The fraction of sp³-hybridized carbons (Fsp3) is 0.0625. The van der Waals surface area contributed by atoms with Crippen molar-refractivity contribution in [3.05, 3.63) is 59.2 Å². The molecule has 0 aliphatic heterocycles. The highest BCUT2D eigenvalue weighted by atomic mass is 35.5. The van der Waals surface area contributed by atoms with Crippen LogP contribution in [0.25, 0.3) is 10.9 Å². The number of H-pyrrole nitrogens is 1. The first-order valence-electron chi connectivity index (χ1n) is 6.80. The molecule has 0 amide bonds. The molecule has 3 aromatic rings. The van der Waals surface area contributed by atoms with Crippen LogP contribution in [0.3, 0.4) is 0 Å². The number of nitrogens with two attached hydrogens (primary N) is 1. The lowest BCUT2D eigenvalue weighted by atomic mass is 10.2. The van der Waals surface area contributed by atoms with E-state index in [9.17, 15) is 4.57 Å². The summed E-state index contributed by atoms with van der Waals surface area (Å²) in [4.78, 5) is 3.25. The van der Waals surface area contributed by atoms with Crippen LogP contribution in [0.2, 0.25) is 5.02 Å². The molecule has 3 N–H and O–H groups in total. The van der Waals surface area contributed by atoms with Crippen LogP contribution in [-0.4, -0.2) is 17.1 Å². The number of nitrogens with one attached hydrogen (secondary N) is 1. The Balaban J connectivity index is 2.41. The second-order valence-electron chi connectivity index (χ2n) is 4.97. The maximum absolute atomic E-state index is 13.7. The summed E-state index contributed by atoms with van der Waals surface area (Å²) in [5.41, 5.74) is 7.02. The molecule has 0 bridgehead atoms. The molecule has 1 aromatic heterocycles. The van der Waals surface area contributed by atoms with Gasteiger partial charge in [-0.25, -0.2) is 0 Å². The zero-order valence-corrected chi connectivity index (χ0v) is 14.7. The van der Waals surface area contributed by atoms with Crippen molar-refractivity contribution in [2.24, 2.45) is 5.73 Å². The molecule has 1 unspecified atom stereocenters. The lowest BCUT2D eigenvalue weighted by molar-refractivity contribution is 0.412. The van der Waals surface area contributed by atoms with Crippen LogP contribution in [0.5, 0.6) is 0 Å². The largest absolute Gasteiger partial charge is 0.388 e. The Morgan fingerprint density at radius 3 is 2.57 bits per heavy atom. The van der Waals surface area contributed by atoms with Gasteiger partial charge in [-0.15, -0.1) is 0 Å². The quantitative estimate of drug-likeness (QED) is 0.550. The number of rotatable bonds is 4. The third kappa shape index (κ3) is 2.70. The van der Waals surface area contributed by atoms with Crippen LogP contribution in [0.4, 0.5) is 0 Å². The Hall–Kier alpha value is -1.65. The SMILES string of the molecule is COP(=O)(c1ccccc1)c1c(C(N)=S)[nH]c2ccc(Cl)cc12. The van der Waals surface area contributed by atoms with E-state index in [2.05, 4.69) is 4.98 Å². The predicted molar refractivity (Wildman–Crippen MR) is 99.5 cm³/mol. The third-order valence-corrected chi connectivity index (χ3v) is 6.61. The number of hydrogen-bond donors (Lipinski definition) is 2. The molecule has 0 saturated heterocycles. The molecule has 1 atom stereocenters. The van der Waals surface area contributed by atoms with Crippen molar-refractivity contribution >= 4 is 57.7 Å². The van der Waals surface area contributed by atoms with Crippen molar-refractivity contribution < 1.29 is 9.09 Å². The van der Waals surface area contributed by atoms with Crippen LogP contribution in [0.1, 0.15) is 5.69 Å². The van der Waals surface area contributed by atoms with Gasteiger partial charge in [-0.1, -0.05) is 42.0 Å². The van der Waals surface area contributed by atoms with Crippen molar-refractivity contribution in [2.45, 2.75) is 0 Å².